The predicted octanol–water partition coefficient (Wildman–Crippen LogP) is 1.64. The molecule has 1 unspecified atom stereocenters. The van der Waals surface area contributed by atoms with Crippen LogP contribution in [0.25, 0.3) is 0 Å². The van der Waals surface area contributed by atoms with Gasteiger partial charge in [0.25, 0.3) is 0 Å². The van der Waals surface area contributed by atoms with E-state index in [4.69, 9.17) is 4.74 Å². The lowest BCUT2D eigenvalue weighted by atomic mass is 9.70. The van der Waals surface area contributed by atoms with Crippen molar-refractivity contribution in [1.82, 2.24) is 5.32 Å². The summed E-state index contributed by atoms with van der Waals surface area (Å²) in [6.45, 7) is 7.78. The smallest absolute Gasteiger partial charge is 0.334 e. The topological polar surface area (TPSA) is 38.3 Å². The maximum Gasteiger partial charge on any atom is 0.334 e. The van der Waals surface area contributed by atoms with E-state index in [1.54, 1.807) is 0 Å². The average molecular weight is 209 g/mol. The van der Waals surface area contributed by atoms with E-state index in [9.17, 15) is 4.79 Å². The van der Waals surface area contributed by atoms with Crippen LogP contribution in [0.4, 0.5) is 0 Å². The monoisotopic (exact) mass is 209 g/mol. The summed E-state index contributed by atoms with van der Waals surface area (Å²) in [7, 11) is 0. The summed E-state index contributed by atoms with van der Waals surface area (Å²) in [4.78, 5) is 11.7. The molecule has 1 heterocycles. The zero-order chi connectivity index (χ0) is 11.1. The van der Waals surface area contributed by atoms with E-state index in [1.807, 2.05) is 20.8 Å². The highest BCUT2D eigenvalue weighted by atomic mass is 16.6. The van der Waals surface area contributed by atoms with Crippen LogP contribution >= 0.6 is 0 Å². The molecule has 3 nitrogen and oxygen atoms in total. The fourth-order valence-electron chi connectivity index (χ4n) is 2.23. The number of ether oxygens (including phenoxy) is 1. The molecule has 0 amide bonds. The van der Waals surface area contributed by atoms with Gasteiger partial charge in [0.2, 0.25) is 0 Å². The highest BCUT2D eigenvalue weighted by Crippen LogP contribution is 2.44. The highest BCUT2D eigenvalue weighted by molar-refractivity contribution is 5.91. The maximum atomic E-state index is 11.7. The number of esters is 1. The van der Waals surface area contributed by atoms with Gasteiger partial charge in [-0.1, -0.05) is 6.08 Å². The summed E-state index contributed by atoms with van der Waals surface area (Å²) in [6.07, 6.45) is 4.13. The minimum atomic E-state index is -0.380. The molecule has 0 aromatic carbocycles. The van der Waals surface area contributed by atoms with E-state index in [0.717, 1.165) is 31.5 Å². The fraction of sp³-hybridized carbons (Fsp3) is 0.750. The highest BCUT2D eigenvalue weighted by Gasteiger charge is 2.42. The lowest BCUT2D eigenvalue weighted by molar-refractivity contribution is -0.150. The standard InChI is InChI=1S/C12H19NO2/c1-11(2,3)15-10(14)9-6-12(7-9)4-5-13-8-12/h6,13H,4-5,7-8H2,1-3H3. The first-order valence-corrected chi connectivity index (χ1v) is 5.56. The molecule has 1 fully saturated rings. The Morgan fingerprint density at radius 1 is 1.53 bits per heavy atom. The van der Waals surface area contributed by atoms with Crippen LogP contribution in [0.1, 0.15) is 33.6 Å². The van der Waals surface area contributed by atoms with Gasteiger partial charge in [0.1, 0.15) is 5.60 Å². The molecule has 84 valence electrons. The van der Waals surface area contributed by atoms with Crippen LogP contribution in [0.15, 0.2) is 11.6 Å². The normalized spacial score (nSPS) is 29.9. The molecule has 1 N–H and O–H groups in total. The summed E-state index contributed by atoms with van der Waals surface area (Å²) in [5.41, 5.74) is 0.745. The Morgan fingerprint density at radius 3 is 2.67 bits per heavy atom. The molecule has 1 aliphatic carbocycles. The molecule has 0 radical (unpaired) electrons. The van der Waals surface area contributed by atoms with Gasteiger partial charge in [-0.15, -0.1) is 0 Å². The lowest BCUT2D eigenvalue weighted by Crippen LogP contribution is -2.35. The zero-order valence-corrected chi connectivity index (χ0v) is 9.72. The lowest BCUT2D eigenvalue weighted by Gasteiger charge is -2.35. The summed E-state index contributed by atoms with van der Waals surface area (Å²) < 4.78 is 5.32. The molecule has 1 aliphatic heterocycles. The Balaban J connectivity index is 1.95. The van der Waals surface area contributed by atoms with Crippen molar-refractivity contribution in [2.24, 2.45) is 5.41 Å². The molecule has 3 heteroatoms. The molecule has 1 spiro atoms. The van der Waals surface area contributed by atoms with E-state index >= 15 is 0 Å². The van der Waals surface area contributed by atoms with Crippen LogP contribution in [0.3, 0.4) is 0 Å². The number of carbonyl (C=O) groups excluding carboxylic acids is 1. The summed E-state index contributed by atoms with van der Waals surface area (Å²) >= 11 is 0. The van der Waals surface area contributed by atoms with Crippen molar-refractivity contribution in [3.8, 4) is 0 Å². The molecule has 0 saturated carbocycles. The summed E-state index contributed by atoms with van der Waals surface area (Å²) in [5, 5.41) is 3.33. The second kappa shape index (κ2) is 3.34. The second-order valence-electron chi connectivity index (χ2n) is 5.64. The van der Waals surface area contributed by atoms with Gasteiger partial charge in [-0.05, 0) is 40.2 Å². The Hall–Kier alpha value is -0.830. The molecule has 2 rings (SSSR count). The minimum Gasteiger partial charge on any atom is -0.457 e. The fourth-order valence-corrected chi connectivity index (χ4v) is 2.23. The van der Waals surface area contributed by atoms with E-state index in [0.29, 0.717) is 0 Å². The molecule has 15 heavy (non-hydrogen) atoms. The third kappa shape index (κ3) is 2.23. The van der Waals surface area contributed by atoms with Gasteiger partial charge in [-0.2, -0.15) is 0 Å². The summed E-state index contributed by atoms with van der Waals surface area (Å²) in [5.74, 6) is -0.139. The third-order valence-electron chi connectivity index (χ3n) is 2.96. The minimum absolute atomic E-state index is 0.139. The Kier molecular flexibility index (Phi) is 2.38. The van der Waals surface area contributed by atoms with Crippen molar-refractivity contribution in [2.45, 2.75) is 39.2 Å². The van der Waals surface area contributed by atoms with Crippen LogP contribution in [0.2, 0.25) is 0 Å². The van der Waals surface area contributed by atoms with Gasteiger partial charge in [0.05, 0.1) is 0 Å². The van der Waals surface area contributed by atoms with Gasteiger partial charge in [-0.3, -0.25) is 0 Å². The molecule has 0 bridgehead atoms. The van der Waals surface area contributed by atoms with Crippen LogP contribution in [0.5, 0.6) is 0 Å². The van der Waals surface area contributed by atoms with Gasteiger partial charge < -0.3 is 10.1 Å². The first kappa shape index (κ1) is 10.7. The predicted molar refractivity (Wildman–Crippen MR) is 58.5 cm³/mol. The first-order chi connectivity index (χ1) is 6.90. The zero-order valence-electron chi connectivity index (χ0n) is 9.72. The van der Waals surface area contributed by atoms with Crippen LogP contribution in [-0.2, 0) is 9.53 Å². The summed E-state index contributed by atoms with van der Waals surface area (Å²) in [6, 6.07) is 0. The SMILES string of the molecule is CC(C)(C)OC(=O)C1=CC2(CCNC2)C1. The van der Waals surface area contributed by atoms with E-state index in [-0.39, 0.29) is 17.0 Å². The van der Waals surface area contributed by atoms with Crippen molar-refractivity contribution in [3.05, 3.63) is 11.6 Å². The van der Waals surface area contributed by atoms with Crippen molar-refractivity contribution in [3.63, 3.8) is 0 Å². The number of hydrogen-bond donors (Lipinski definition) is 1. The van der Waals surface area contributed by atoms with Gasteiger partial charge in [0, 0.05) is 17.5 Å². The largest absolute Gasteiger partial charge is 0.457 e. The van der Waals surface area contributed by atoms with E-state index in [1.165, 1.54) is 0 Å². The van der Waals surface area contributed by atoms with Crippen molar-refractivity contribution >= 4 is 5.97 Å². The maximum absolute atomic E-state index is 11.7. The average Bonchev–Trinajstić information content (AvgIpc) is 2.44. The van der Waals surface area contributed by atoms with E-state index in [2.05, 4.69) is 11.4 Å². The Bertz CT molecular complexity index is 306. The van der Waals surface area contributed by atoms with Crippen molar-refractivity contribution < 1.29 is 9.53 Å². The molecule has 1 saturated heterocycles. The Morgan fingerprint density at radius 2 is 2.20 bits per heavy atom. The second-order valence-corrected chi connectivity index (χ2v) is 5.64. The first-order valence-electron chi connectivity index (χ1n) is 5.56. The van der Waals surface area contributed by atoms with E-state index < -0.39 is 0 Å². The number of rotatable bonds is 1. The van der Waals surface area contributed by atoms with Gasteiger partial charge in [-0.25, -0.2) is 4.79 Å². The number of hydrogen-bond acceptors (Lipinski definition) is 3. The molecular formula is C12H19NO2. The molecule has 0 aromatic rings. The number of nitrogens with one attached hydrogen (secondary N) is 1. The molecule has 0 aromatic heterocycles. The molecule has 2 aliphatic rings. The molecular weight excluding hydrogens is 190 g/mol. The van der Waals surface area contributed by atoms with Gasteiger partial charge in [0.15, 0.2) is 0 Å². The molecule has 1 atom stereocenters. The van der Waals surface area contributed by atoms with Crippen LogP contribution in [-0.4, -0.2) is 24.7 Å². The van der Waals surface area contributed by atoms with Crippen molar-refractivity contribution in [1.29, 1.82) is 0 Å². The Labute approximate surface area is 90.9 Å². The van der Waals surface area contributed by atoms with Crippen LogP contribution in [0, 0.1) is 5.41 Å². The van der Waals surface area contributed by atoms with Crippen LogP contribution < -0.4 is 5.32 Å². The third-order valence-corrected chi connectivity index (χ3v) is 2.96. The quantitative estimate of drug-likeness (QED) is 0.667. The van der Waals surface area contributed by atoms with Gasteiger partial charge >= 0.3 is 5.97 Å². The number of carbonyl (C=O) groups is 1. The van der Waals surface area contributed by atoms with Crippen molar-refractivity contribution in [2.75, 3.05) is 13.1 Å².